The molecule has 0 saturated carbocycles. The molecule has 4 aromatic carbocycles. The summed E-state index contributed by atoms with van der Waals surface area (Å²) in [6.07, 6.45) is 7.93. The number of likely N-dealkylation sites (N-methyl/N-ethyl adjacent to an activating group) is 2. The molecule has 0 radical (unpaired) electrons. The van der Waals surface area contributed by atoms with Gasteiger partial charge in [0.1, 0.15) is 0 Å². The zero-order valence-electron chi connectivity index (χ0n) is 40.8. The number of carbonyl (C=O) groups excluding carboxylic acids is 6. The number of para-hydroxylation sites is 2. The van der Waals surface area contributed by atoms with Gasteiger partial charge in [0.15, 0.2) is 0 Å². The van der Waals surface area contributed by atoms with Gasteiger partial charge in [-0.15, -0.1) is 0 Å². The molecule has 14 nitrogen and oxygen atoms in total. The lowest BCUT2D eigenvalue weighted by atomic mass is 9.69. The summed E-state index contributed by atoms with van der Waals surface area (Å²) >= 11 is 0. The number of fused-ring (bicyclic) bond motifs is 2. The number of nitrogens with two attached hydrogens (primary N) is 2. The lowest BCUT2D eigenvalue weighted by molar-refractivity contribution is -0.141. The van der Waals surface area contributed by atoms with Gasteiger partial charge in [-0.1, -0.05) is 149 Å². The van der Waals surface area contributed by atoms with Gasteiger partial charge >= 0.3 is 0 Å². The molecule has 2 aliphatic carbocycles. The zero-order chi connectivity index (χ0) is 50.3. The number of carbonyl (C=O) groups is 6. The van der Waals surface area contributed by atoms with Gasteiger partial charge in [0.2, 0.25) is 36.0 Å². The summed E-state index contributed by atoms with van der Waals surface area (Å²) in [7, 11) is 3.36. The number of hydrogen-bond acceptors (Lipinski definition) is 8. The van der Waals surface area contributed by atoms with Crippen molar-refractivity contribution in [3.05, 3.63) is 156 Å². The van der Waals surface area contributed by atoms with E-state index in [9.17, 15) is 28.8 Å². The minimum absolute atomic E-state index is 0.155. The third-order valence-electron chi connectivity index (χ3n) is 14.0. The fourth-order valence-corrected chi connectivity index (χ4v) is 10.1. The van der Waals surface area contributed by atoms with Crippen LogP contribution in [0.2, 0.25) is 0 Å². The van der Waals surface area contributed by atoms with E-state index in [0.29, 0.717) is 61.3 Å². The third kappa shape index (κ3) is 10.3. The molecule has 364 valence electrons. The van der Waals surface area contributed by atoms with Crippen LogP contribution in [0, 0.1) is 34.5 Å². The van der Waals surface area contributed by atoms with Crippen LogP contribution in [0.15, 0.2) is 143 Å². The fraction of sp³-hybridized carbons (Fsp3) is 0.357. The monoisotopic (exact) mass is 944 g/mol. The first kappa shape index (κ1) is 50.4. The van der Waals surface area contributed by atoms with E-state index in [4.69, 9.17) is 21.5 Å². The maximum Gasteiger partial charge on any atom is 0.272 e. The van der Waals surface area contributed by atoms with Gasteiger partial charge < -0.3 is 31.9 Å². The maximum absolute atomic E-state index is 13.7. The Kier molecular flexibility index (Phi) is 15.4. The van der Waals surface area contributed by atoms with Crippen molar-refractivity contribution in [1.29, 1.82) is 0 Å². The molecule has 6 N–H and O–H groups in total. The topological polar surface area (TPSA) is 210 Å². The summed E-state index contributed by atoms with van der Waals surface area (Å²) in [6, 6.07) is 34.3. The summed E-state index contributed by atoms with van der Waals surface area (Å²) in [5.41, 5.74) is 15.7. The maximum atomic E-state index is 13.7. The minimum Gasteiger partial charge on any atom is -0.369 e. The minimum atomic E-state index is -1.14. The van der Waals surface area contributed by atoms with Gasteiger partial charge in [-0.25, -0.2) is 9.98 Å². The van der Waals surface area contributed by atoms with Crippen LogP contribution in [0.5, 0.6) is 0 Å². The Morgan fingerprint density at radius 3 is 1.17 bits per heavy atom. The molecule has 0 unspecified atom stereocenters. The summed E-state index contributed by atoms with van der Waals surface area (Å²) in [5, 5.41) is 5.76. The normalized spacial score (nSPS) is 19.7. The number of benzodiazepines with no additional fused rings is 2. The van der Waals surface area contributed by atoms with E-state index in [-0.39, 0.29) is 35.5 Å². The Morgan fingerprint density at radius 1 is 0.543 bits per heavy atom. The van der Waals surface area contributed by atoms with Crippen molar-refractivity contribution < 1.29 is 28.8 Å². The number of amides is 6. The first-order valence-corrected chi connectivity index (χ1v) is 24.0. The number of allylic oxidation sites excluding steroid dienone is 4. The summed E-state index contributed by atoms with van der Waals surface area (Å²) in [6.45, 7) is 8.02. The molecule has 6 amide bonds. The van der Waals surface area contributed by atoms with Crippen LogP contribution >= 0.6 is 0 Å². The predicted octanol–water partition coefficient (Wildman–Crippen LogP) is 6.85. The second-order valence-corrected chi connectivity index (χ2v) is 19.5. The predicted molar refractivity (Wildman–Crippen MR) is 274 cm³/mol. The van der Waals surface area contributed by atoms with Gasteiger partial charge in [-0.3, -0.25) is 28.8 Å². The molecule has 0 fully saturated rings. The number of nitrogens with one attached hydrogen (secondary N) is 2. The Balaban J connectivity index is 0.000000206. The van der Waals surface area contributed by atoms with E-state index in [2.05, 4.69) is 10.6 Å². The summed E-state index contributed by atoms with van der Waals surface area (Å²) in [4.78, 5) is 92.3. The van der Waals surface area contributed by atoms with Gasteiger partial charge in [0.05, 0.1) is 45.5 Å². The smallest absolute Gasteiger partial charge is 0.272 e. The lowest BCUT2D eigenvalue weighted by Crippen LogP contribution is -2.53. The van der Waals surface area contributed by atoms with Crippen LogP contribution in [-0.4, -0.2) is 73.3 Å². The lowest BCUT2D eigenvalue weighted by Gasteiger charge is -2.35. The van der Waals surface area contributed by atoms with E-state index in [1.54, 1.807) is 14.1 Å². The second-order valence-electron chi connectivity index (χ2n) is 19.5. The highest BCUT2D eigenvalue weighted by molar-refractivity contribution is 6.21. The average Bonchev–Trinajstić information content (AvgIpc) is 4.04. The Hall–Kier alpha value is -7.48. The van der Waals surface area contributed by atoms with Crippen molar-refractivity contribution in [1.82, 2.24) is 10.6 Å². The number of aliphatic imine (C=N–C) groups is 2. The molecule has 4 aliphatic rings. The zero-order valence-corrected chi connectivity index (χ0v) is 40.8. The van der Waals surface area contributed by atoms with Crippen LogP contribution < -0.4 is 31.9 Å². The number of hydrogen-bond donors (Lipinski definition) is 4. The fourth-order valence-electron chi connectivity index (χ4n) is 10.1. The van der Waals surface area contributed by atoms with Gasteiger partial charge in [-0.05, 0) is 62.5 Å². The molecule has 2 aliphatic heterocycles. The van der Waals surface area contributed by atoms with Crippen molar-refractivity contribution in [3.8, 4) is 0 Å². The van der Waals surface area contributed by atoms with Crippen LogP contribution in [0.25, 0.3) is 0 Å². The van der Waals surface area contributed by atoms with Crippen molar-refractivity contribution in [2.24, 2.45) is 56.0 Å². The molecular weight excluding hydrogens is 881 g/mol. The van der Waals surface area contributed by atoms with Crippen LogP contribution in [-0.2, 0) is 28.8 Å². The molecule has 4 atom stereocenters. The molecule has 0 saturated heterocycles. The molecule has 4 aromatic rings. The van der Waals surface area contributed by atoms with E-state index >= 15 is 0 Å². The van der Waals surface area contributed by atoms with Crippen molar-refractivity contribution in [3.63, 3.8) is 0 Å². The molecular formula is C56H64N8O6. The van der Waals surface area contributed by atoms with Crippen molar-refractivity contribution in [2.75, 3.05) is 23.9 Å². The molecule has 2 heterocycles. The number of nitrogens with zero attached hydrogens (tertiary/aromatic N) is 4. The summed E-state index contributed by atoms with van der Waals surface area (Å²) in [5.74, 6) is -3.48. The quantitative estimate of drug-likeness (QED) is 0.0993. The van der Waals surface area contributed by atoms with Crippen molar-refractivity contribution >= 4 is 58.2 Å². The molecule has 0 aromatic heterocycles. The van der Waals surface area contributed by atoms with E-state index in [1.807, 2.05) is 161 Å². The number of anilines is 2. The number of primary amides is 2. The van der Waals surface area contributed by atoms with E-state index in [1.165, 1.54) is 9.80 Å². The van der Waals surface area contributed by atoms with Crippen LogP contribution in [0.4, 0.5) is 11.4 Å². The largest absolute Gasteiger partial charge is 0.369 e. The Bertz CT molecular complexity index is 2540. The van der Waals surface area contributed by atoms with E-state index in [0.717, 1.165) is 22.3 Å². The Labute approximate surface area is 410 Å². The Morgan fingerprint density at radius 2 is 0.857 bits per heavy atom. The van der Waals surface area contributed by atoms with Crippen molar-refractivity contribution in [2.45, 2.75) is 78.6 Å². The third-order valence-corrected chi connectivity index (χ3v) is 14.0. The van der Waals surface area contributed by atoms with Gasteiger partial charge in [-0.2, -0.15) is 0 Å². The first-order chi connectivity index (χ1) is 33.5. The standard InChI is InChI=1S/2C28H32N4O3/c2*1-18(2)17-21(28(27(29)35)15-9-10-16-28)25(33)31-24-26(34)32(3)22-14-8-7-13-20(22)23(30-24)19-11-5-4-6-12-19/h2*4-14,18,21,24H,15-17H2,1-3H3,(H2,29,35)(H,31,33)/t21-,24+;21-,24-/m00/s1. The van der Waals surface area contributed by atoms with Crippen LogP contribution in [0.3, 0.4) is 0 Å². The summed E-state index contributed by atoms with van der Waals surface area (Å²) < 4.78 is 0. The molecule has 70 heavy (non-hydrogen) atoms. The second kappa shape index (κ2) is 21.4. The molecule has 0 spiro atoms. The van der Waals surface area contributed by atoms with Crippen LogP contribution in [0.1, 0.15) is 88.5 Å². The van der Waals surface area contributed by atoms with E-state index < -0.39 is 46.8 Å². The number of benzene rings is 4. The highest BCUT2D eigenvalue weighted by atomic mass is 16.2. The average molecular weight is 945 g/mol. The van der Waals surface area contributed by atoms with Gasteiger partial charge in [0, 0.05) is 36.3 Å². The highest BCUT2D eigenvalue weighted by Crippen LogP contribution is 2.45. The SMILES string of the molecule is CC(C)C[C@@H](C(=O)N[C@@H]1N=C(c2ccccc2)c2ccccc2N(C)C1=O)C1(C(N)=O)CC=CC1.CC(C)C[C@@H](C(=O)N[C@H]1N=C(c2ccccc2)c2ccccc2N(C)C1=O)C1(C(N)=O)CC=CC1. The molecule has 0 bridgehead atoms. The van der Waals surface area contributed by atoms with Gasteiger partial charge in [0.25, 0.3) is 11.8 Å². The highest BCUT2D eigenvalue weighted by Gasteiger charge is 2.50. The number of rotatable bonds is 14. The first-order valence-electron chi connectivity index (χ1n) is 24.0. The molecule has 8 rings (SSSR count). The molecule has 14 heteroatoms.